The minimum absolute atomic E-state index is 0.173. The van der Waals surface area contributed by atoms with Crippen molar-refractivity contribution in [1.29, 1.82) is 0 Å². The fourth-order valence-corrected chi connectivity index (χ4v) is 5.90. The van der Waals surface area contributed by atoms with Gasteiger partial charge in [0.05, 0.1) is 17.7 Å². The van der Waals surface area contributed by atoms with Crippen LogP contribution in [-0.2, 0) is 16.6 Å². The van der Waals surface area contributed by atoms with E-state index in [0.29, 0.717) is 47.2 Å². The summed E-state index contributed by atoms with van der Waals surface area (Å²) in [5.41, 5.74) is 1.09. The first-order valence-electron chi connectivity index (χ1n) is 10.1. The molecule has 0 aliphatic carbocycles. The van der Waals surface area contributed by atoms with Crippen molar-refractivity contribution >= 4 is 26.9 Å². The minimum Gasteiger partial charge on any atom is -0.467 e. The molecular formula is C22H26N2O5S. The number of carbonyl (C=O) groups is 1. The third-order valence-electron chi connectivity index (χ3n) is 5.59. The van der Waals surface area contributed by atoms with E-state index in [1.807, 2.05) is 0 Å². The molecule has 8 heteroatoms. The summed E-state index contributed by atoms with van der Waals surface area (Å²) in [6.45, 7) is 7.21. The largest absolute Gasteiger partial charge is 0.467 e. The molecule has 4 rings (SSSR count). The molecule has 0 spiro atoms. The van der Waals surface area contributed by atoms with Crippen LogP contribution in [0.1, 0.15) is 42.1 Å². The monoisotopic (exact) mass is 430 g/mol. The highest BCUT2D eigenvalue weighted by Crippen LogP contribution is 2.31. The highest BCUT2D eigenvalue weighted by atomic mass is 32.2. The van der Waals surface area contributed by atoms with E-state index in [4.69, 9.17) is 8.83 Å². The number of fused-ring (bicyclic) bond motifs is 1. The van der Waals surface area contributed by atoms with Crippen LogP contribution in [0.2, 0.25) is 0 Å². The first-order chi connectivity index (χ1) is 14.3. The predicted octanol–water partition coefficient (Wildman–Crippen LogP) is 3.93. The molecule has 2 aromatic heterocycles. The number of hydrogen-bond donors (Lipinski definition) is 1. The summed E-state index contributed by atoms with van der Waals surface area (Å²) in [6, 6.07) is 8.30. The third-order valence-corrected chi connectivity index (χ3v) is 7.42. The smallest absolute Gasteiger partial charge is 0.287 e. The second-order valence-corrected chi connectivity index (χ2v) is 10.2. The molecule has 3 aromatic rings. The zero-order valence-electron chi connectivity index (χ0n) is 17.3. The zero-order chi connectivity index (χ0) is 21.5. The van der Waals surface area contributed by atoms with Gasteiger partial charge in [0.25, 0.3) is 5.91 Å². The van der Waals surface area contributed by atoms with Gasteiger partial charge in [-0.15, -0.1) is 0 Å². The average Bonchev–Trinajstić information content (AvgIpc) is 3.33. The van der Waals surface area contributed by atoms with Crippen molar-refractivity contribution in [3.05, 3.63) is 53.7 Å². The molecule has 7 nitrogen and oxygen atoms in total. The van der Waals surface area contributed by atoms with Crippen LogP contribution in [-0.4, -0.2) is 31.7 Å². The van der Waals surface area contributed by atoms with Crippen molar-refractivity contribution in [2.24, 2.45) is 11.8 Å². The molecule has 3 heterocycles. The highest BCUT2D eigenvalue weighted by molar-refractivity contribution is 7.89. The summed E-state index contributed by atoms with van der Waals surface area (Å²) in [6.07, 6.45) is 2.57. The van der Waals surface area contributed by atoms with E-state index in [2.05, 4.69) is 19.2 Å². The Labute approximate surface area is 176 Å². The first kappa shape index (κ1) is 20.7. The second-order valence-electron chi connectivity index (χ2n) is 8.24. The second kappa shape index (κ2) is 7.92. The van der Waals surface area contributed by atoms with Crippen LogP contribution in [0.25, 0.3) is 11.0 Å². The maximum absolute atomic E-state index is 13.2. The van der Waals surface area contributed by atoms with Crippen LogP contribution in [0.3, 0.4) is 0 Å². The van der Waals surface area contributed by atoms with Gasteiger partial charge in [-0.2, -0.15) is 4.31 Å². The molecule has 1 fully saturated rings. The molecule has 1 N–H and O–H groups in total. The Balaban J connectivity index is 1.61. The van der Waals surface area contributed by atoms with Crippen LogP contribution in [0.15, 0.2) is 50.3 Å². The summed E-state index contributed by atoms with van der Waals surface area (Å²) >= 11 is 0. The molecule has 1 aliphatic rings. The number of aryl methyl sites for hydroxylation is 1. The predicted molar refractivity (Wildman–Crippen MR) is 113 cm³/mol. The standard InChI is InChI=1S/C22H26N2O5S/c1-14-9-15(2)13-24(12-14)30(26,27)18-6-7-20-19(10-18)16(3)21(29-20)22(25)23-11-17-5-4-8-28-17/h4-8,10,14-15H,9,11-13H2,1-3H3,(H,23,25). The maximum atomic E-state index is 13.2. The van der Waals surface area contributed by atoms with E-state index >= 15 is 0 Å². The van der Waals surface area contributed by atoms with Gasteiger partial charge in [0.1, 0.15) is 11.3 Å². The van der Waals surface area contributed by atoms with Crippen molar-refractivity contribution < 1.29 is 22.0 Å². The van der Waals surface area contributed by atoms with Gasteiger partial charge in [-0.1, -0.05) is 13.8 Å². The molecule has 0 saturated carbocycles. The molecular weight excluding hydrogens is 404 g/mol. The van der Waals surface area contributed by atoms with Gasteiger partial charge in [-0.05, 0) is 55.5 Å². The Hall–Kier alpha value is -2.58. The average molecular weight is 431 g/mol. The van der Waals surface area contributed by atoms with Crippen molar-refractivity contribution in [1.82, 2.24) is 9.62 Å². The topological polar surface area (TPSA) is 92.8 Å². The number of sulfonamides is 1. The number of amides is 1. The lowest BCUT2D eigenvalue weighted by atomic mass is 9.94. The summed E-state index contributed by atoms with van der Waals surface area (Å²) in [5.74, 6) is 1.09. The van der Waals surface area contributed by atoms with Gasteiger partial charge in [0, 0.05) is 24.0 Å². The summed E-state index contributed by atoms with van der Waals surface area (Å²) in [7, 11) is -3.61. The van der Waals surface area contributed by atoms with Crippen LogP contribution < -0.4 is 5.32 Å². The Morgan fingerprint density at radius 2 is 1.93 bits per heavy atom. The quantitative estimate of drug-likeness (QED) is 0.662. The molecule has 0 radical (unpaired) electrons. The highest BCUT2D eigenvalue weighted by Gasteiger charge is 2.32. The number of piperidine rings is 1. The number of hydrogen-bond acceptors (Lipinski definition) is 5. The number of nitrogens with zero attached hydrogens (tertiary/aromatic N) is 1. The number of furan rings is 2. The van der Waals surface area contributed by atoms with Gasteiger partial charge >= 0.3 is 0 Å². The van der Waals surface area contributed by atoms with E-state index in [1.54, 1.807) is 47.8 Å². The summed E-state index contributed by atoms with van der Waals surface area (Å²) < 4.78 is 38.9. The fraction of sp³-hybridized carbons (Fsp3) is 0.409. The van der Waals surface area contributed by atoms with E-state index in [1.165, 1.54) is 0 Å². The van der Waals surface area contributed by atoms with E-state index in [0.717, 1.165) is 6.42 Å². The van der Waals surface area contributed by atoms with E-state index < -0.39 is 10.0 Å². The number of benzene rings is 1. The molecule has 1 saturated heterocycles. The molecule has 160 valence electrons. The van der Waals surface area contributed by atoms with Gasteiger partial charge in [-0.3, -0.25) is 4.79 Å². The van der Waals surface area contributed by atoms with Crippen molar-refractivity contribution in [2.45, 2.75) is 38.6 Å². The normalized spacial score (nSPS) is 20.5. The lowest BCUT2D eigenvalue weighted by Crippen LogP contribution is -2.42. The Bertz CT molecular complexity index is 1150. The minimum atomic E-state index is -3.61. The van der Waals surface area contributed by atoms with Crippen LogP contribution in [0.4, 0.5) is 0 Å². The number of carbonyl (C=O) groups excluding carboxylic acids is 1. The van der Waals surface area contributed by atoms with E-state index in [9.17, 15) is 13.2 Å². The molecule has 1 aromatic carbocycles. The molecule has 2 atom stereocenters. The summed E-state index contributed by atoms with van der Waals surface area (Å²) in [4.78, 5) is 12.8. The molecule has 0 bridgehead atoms. The van der Waals surface area contributed by atoms with Crippen molar-refractivity contribution in [2.75, 3.05) is 13.1 Å². The maximum Gasteiger partial charge on any atom is 0.287 e. The van der Waals surface area contributed by atoms with Crippen molar-refractivity contribution in [3.63, 3.8) is 0 Å². The number of rotatable bonds is 5. The van der Waals surface area contributed by atoms with Gasteiger partial charge < -0.3 is 14.2 Å². The third kappa shape index (κ3) is 3.89. The molecule has 2 unspecified atom stereocenters. The number of nitrogens with one attached hydrogen (secondary N) is 1. The van der Waals surface area contributed by atoms with Crippen LogP contribution in [0.5, 0.6) is 0 Å². The molecule has 1 aliphatic heterocycles. The van der Waals surface area contributed by atoms with E-state index in [-0.39, 0.29) is 23.1 Å². The molecule has 30 heavy (non-hydrogen) atoms. The van der Waals surface area contributed by atoms with Crippen LogP contribution >= 0.6 is 0 Å². The van der Waals surface area contributed by atoms with Gasteiger partial charge in [0.15, 0.2) is 5.76 Å². The first-order valence-corrected chi connectivity index (χ1v) is 11.5. The Morgan fingerprint density at radius 3 is 2.60 bits per heavy atom. The Morgan fingerprint density at radius 1 is 1.20 bits per heavy atom. The zero-order valence-corrected chi connectivity index (χ0v) is 18.2. The SMILES string of the molecule is Cc1c(C(=O)NCc2ccco2)oc2ccc(S(=O)(=O)N3CC(C)CC(C)C3)cc12. The fourth-order valence-electron chi connectivity index (χ4n) is 4.19. The molecule has 1 amide bonds. The van der Waals surface area contributed by atoms with Gasteiger partial charge in [-0.25, -0.2) is 8.42 Å². The van der Waals surface area contributed by atoms with Crippen molar-refractivity contribution in [3.8, 4) is 0 Å². The van der Waals surface area contributed by atoms with Gasteiger partial charge in [0.2, 0.25) is 10.0 Å². The lowest BCUT2D eigenvalue weighted by Gasteiger charge is -2.34. The Kier molecular flexibility index (Phi) is 5.46. The summed E-state index contributed by atoms with van der Waals surface area (Å²) in [5, 5.41) is 3.38. The lowest BCUT2D eigenvalue weighted by molar-refractivity contribution is 0.0921. The van der Waals surface area contributed by atoms with Crippen LogP contribution in [0, 0.1) is 18.8 Å².